The number of carboxylic acids is 1. The van der Waals surface area contributed by atoms with E-state index >= 15 is 0 Å². The highest BCUT2D eigenvalue weighted by molar-refractivity contribution is 7.99. The summed E-state index contributed by atoms with van der Waals surface area (Å²) >= 11 is 1.71. The maximum Gasteiger partial charge on any atom is 0.305 e. The van der Waals surface area contributed by atoms with E-state index in [1.54, 1.807) is 16.7 Å². The molecule has 6 nitrogen and oxygen atoms in total. The molecule has 0 aliphatic carbocycles. The number of carbonyl (C=O) groups excluding carboxylic acids is 1. The normalized spacial score (nSPS) is 26.2. The number of amides is 1. The average Bonchev–Trinajstić information content (AvgIpc) is 2.47. The first-order valence-corrected chi connectivity index (χ1v) is 8.13. The minimum atomic E-state index is -0.857. The summed E-state index contributed by atoms with van der Waals surface area (Å²) in [6.45, 7) is 2.02. The molecular weight excluding hydrogens is 280 g/mol. The highest BCUT2D eigenvalue weighted by Gasteiger charge is 2.44. The van der Waals surface area contributed by atoms with Gasteiger partial charge in [-0.3, -0.25) is 9.59 Å². The number of nitrogens with two attached hydrogens (primary N) is 1. The molecule has 20 heavy (non-hydrogen) atoms. The van der Waals surface area contributed by atoms with E-state index in [1.165, 1.54) is 0 Å². The lowest BCUT2D eigenvalue weighted by Gasteiger charge is -2.43. The van der Waals surface area contributed by atoms with Gasteiger partial charge in [0.15, 0.2) is 0 Å². The van der Waals surface area contributed by atoms with Gasteiger partial charge in [0.1, 0.15) is 0 Å². The lowest BCUT2D eigenvalue weighted by molar-refractivity contribution is -0.150. The molecule has 0 saturated carbocycles. The van der Waals surface area contributed by atoms with E-state index in [1.807, 2.05) is 0 Å². The Balaban J connectivity index is 2.13. The molecule has 1 amide bonds. The highest BCUT2D eigenvalue weighted by atomic mass is 32.2. The zero-order valence-corrected chi connectivity index (χ0v) is 12.4. The summed E-state index contributed by atoms with van der Waals surface area (Å²) in [5.41, 5.74) is 5.31. The second-order valence-corrected chi connectivity index (χ2v) is 6.57. The molecule has 7 heteroatoms. The van der Waals surface area contributed by atoms with Gasteiger partial charge in [-0.25, -0.2) is 0 Å². The Labute approximate surface area is 123 Å². The van der Waals surface area contributed by atoms with Crippen LogP contribution in [0.2, 0.25) is 0 Å². The standard InChI is InChI=1S/C13H22N2O4S/c14-9-13(1-4-19-5-2-13)12(18)15-3-6-20-8-10(15)7-11(16)17/h10H,1-9,14H2,(H,16,17). The van der Waals surface area contributed by atoms with E-state index in [4.69, 9.17) is 15.6 Å². The first-order valence-electron chi connectivity index (χ1n) is 6.97. The summed E-state index contributed by atoms with van der Waals surface area (Å²) in [6.07, 6.45) is 1.27. The zero-order valence-electron chi connectivity index (χ0n) is 11.5. The zero-order chi connectivity index (χ0) is 14.6. The monoisotopic (exact) mass is 302 g/mol. The third-order valence-electron chi connectivity index (χ3n) is 4.19. The SMILES string of the molecule is NCC1(C(=O)N2CCSCC2CC(=O)O)CCOCC1. The molecule has 114 valence electrons. The van der Waals surface area contributed by atoms with Crippen molar-refractivity contribution in [2.75, 3.05) is 37.8 Å². The smallest absolute Gasteiger partial charge is 0.305 e. The molecule has 2 fully saturated rings. The lowest BCUT2D eigenvalue weighted by atomic mass is 9.78. The van der Waals surface area contributed by atoms with Crippen molar-refractivity contribution in [2.24, 2.45) is 11.1 Å². The van der Waals surface area contributed by atoms with Crippen molar-refractivity contribution >= 4 is 23.6 Å². The quantitative estimate of drug-likeness (QED) is 0.768. The molecule has 0 aromatic carbocycles. The van der Waals surface area contributed by atoms with Crippen LogP contribution in [-0.4, -0.2) is 65.7 Å². The van der Waals surface area contributed by atoms with Crippen LogP contribution >= 0.6 is 11.8 Å². The van der Waals surface area contributed by atoms with Gasteiger partial charge in [0.2, 0.25) is 5.91 Å². The third kappa shape index (κ3) is 3.27. The summed E-state index contributed by atoms with van der Waals surface area (Å²) in [5, 5.41) is 9.01. The number of ether oxygens (including phenoxy) is 1. The number of hydrogen-bond donors (Lipinski definition) is 2. The fourth-order valence-corrected chi connectivity index (χ4v) is 3.93. The van der Waals surface area contributed by atoms with Crippen LogP contribution in [0.25, 0.3) is 0 Å². The fraction of sp³-hybridized carbons (Fsp3) is 0.846. The Hall–Kier alpha value is -0.790. The molecule has 0 radical (unpaired) electrons. The number of carbonyl (C=O) groups is 2. The van der Waals surface area contributed by atoms with Crippen LogP contribution in [0.15, 0.2) is 0 Å². The van der Waals surface area contributed by atoms with E-state index in [2.05, 4.69) is 0 Å². The molecular formula is C13H22N2O4S. The summed E-state index contributed by atoms with van der Waals surface area (Å²) in [6, 6.07) is -0.218. The molecule has 2 heterocycles. The Morgan fingerprint density at radius 3 is 2.70 bits per heavy atom. The average molecular weight is 302 g/mol. The predicted octanol–water partition coefficient (Wildman–Crippen LogP) is 0.161. The Kier molecular flexibility index (Phi) is 5.29. The van der Waals surface area contributed by atoms with Crippen molar-refractivity contribution in [1.82, 2.24) is 4.90 Å². The summed E-state index contributed by atoms with van der Waals surface area (Å²) < 4.78 is 5.33. The lowest BCUT2D eigenvalue weighted by Crippen LogP contribution is -2.56. The van der Waals surface area contributed by atoms with Crippen molar-refractivity contribution in [2.45, 2.75) is 25.3 Å². The maximum absolute atomic E-state index is 12.9. The topological polar surface area (TPSA) is 92.9 Å². The molecule has 3 N–H and O–H groups in total. The molecule has 0 aromatic heterocycles. The third-order valence-corrected chi connectivity index (χ3v) is 5.28. The maximum atomic E-state index is 12.9. The number of nitrogens with zero attached hydrogens (tertiary/aromatic N) is 1. The molecule has 2 rings (SSSR count). The van der Waals surface area contributed by atoms with Crippen LogP contribution in [-0.2, 0) is 14.3 Å². The Bertz CT molecular complexity index is 371. The number of hydrogen-bond acceptors (Lipinski definition) is 5. The summed E-state index contributed by atoms with van der Waals surface area (Å²) in [7, 11) is 0. The summed E-state index contributed by atoms with van der Waals surface area (Å²) in [5.74, 6) is 0.715. The van der Waals surface area contributed by atoms with E-state index in [0.717, 1.165) is 5.75 Å². The van der Waals surface area contributed by atoms with Gasteiger partial charge in [0.25, 0.3) is 0 Å². The van der Waals surface area contributed by atoms with Crippen molar-refractivity contribution in [3.8, 4) is 0 Å². The van der Waals surface area contributed by atoms with E-state index < -0.39 is 11.4 Å². The van der Waals surface area contributed by atoms with Gasteiger partial charge in [0, 0.05) is 37.8 Å². The van der Waals surface area contributed by atoms with Crippen LogP contribution in [0.1, 0.15) is 19.3 Å². The van der Waals surface area contributed by atoms with E-state index in [-0.39, 0.29) is 18.4 Å². The summed E-state index contributed by atoms with van der Waals surface area (Å²) in [4.78, 5) is 25.6. The first kappa shape index (κ1) is 15.6. The van der Waals surface area contributed by atoms with Crippen molar-refractivity contribution in [3.05, 3.63) is 0 Å². The highest BCUT2D eigenvalue weighted by Crippen LogP contribution is 2.34. The van der Waals surface area contributed by atoms with Crippen molar-refractivity contribution in [3.63, 3.8) is 0 Å². The minimum absolute atomic E-state index is 0.00981. The number of rotatable bonds is 4. The number of thioether (sulfide) groups is 1. The van der Waals surface area contributed by atoms with Crippen molar-refractivity contribution in [1.29, 1.82) is 0 Å². The van der Waals surface area contributed by atoms with Gasteiger partial charge in [0.05, 0.1) is 17.9 Å². The van der Waals surface area contributed by atoms with Crippen LogP contribution in [0.4, 0.5) is 0 Å². The Morgan fingerprint density at radius 1 is 1.40 bits per heavy atom. The van der Waals surface area contributed by atoms with Gasteiger partial charge in [-0.2, -0.15) is 11.8 Å². The number of carboxylic acid groups (broad SMARTS) is 1. The molecule has 0 spiro atoms. The molecule has 0 bridgehead atoms. The fourth-order valence-electron chi connectivity index (χ4n) is 2.86. The van der Waals surface area contributed by atoms with Crippen LogP contribution < -0.4 is 5.73 Å². The number of aliphatic carboxylic acids is 1. The van der Waals surface area contributed by atoms with Gasteiger partial charge in [-0.05, 0) is 12.8 Å². The molecule has 2 saturated heterocycles. The molecule has 1 unspecified atom stereocenters. The molecule has 1 atom stereocenters. The van der Waals surface area contributed by atoms with E-state index in [0.29, 0.717) is 44.9 Å². The van der Waals surface area contributed by atoms with Crippen molar-refractivity contribution < 1.29 is 19.4 Å². The van der Waals surface area contributed by atoms with Gasteiger partial charge >= 0.3 is 5.97 Å². The van der Waals surface area contributed by atoms with Crippen LogP contribution in [0.5, 0.6) is 0 Å². The second kappa shape index (κ2) is 6.78. The van der Waals surface area contributed by atoms with Gasteiger partial charge in [-0.1, -0.05) is 0 Å². The van der Waals surface area contributed by atoms with Crippen LogP contribution in [0, 0.1) is 5.41 Å². The van der Waals surface area contributed by atoms with Crippen LogP contribution in [0.3, 0.4) is 0 Å². The van der Waals surface area contributed by atoms with Gasteiger partial charge < -0.3 is 20.5 Å². The molecule has 2 aliphatic heterocycles. The second-order valence-electron chi connectivity index (χ2n) is 5.42. The predicted molar refractivity (Wildman–Crippen MR) is 76.6 cm³/mol. The minimum Gasteiger partial charge on any atom is -0.481 e. The first-order chi connectivity index (χ1) is 9.59. The molecule has 2 aliphatic rings. The Morgan fingerprint density at radius 2 is 2.10 bits per heavy atom. The van der Waals surface area contributed by atoms with E-state index in [9.17, 15) is 9.59 Å². The molecule has 0 aromatic rings. The largest absolute Gasteiger partial charge is 0.481 e. The van der Waals surface area contributed by atoms with Gasteiger partial charge in [-0.15, -0.1) is 0 Å².